The Balaban J connectivity index is 1.56. The molecule has 0 radical (unpaired) electrons. The van der Waals surface area contributed by atoms with E-state index in [-0.39, 0.29) is 18.6 Å². The Morgan fingerprint density at radius 3 is 2.02 bits per heavy atom. The third-order valence-electron chi connectivity index (χ3n) is 7.62. The second-order valence-corrected chi connectivity index (χ2v) is 11.2. The van der Waals surface area contributed by atoms with Crippen LogP contribution in [0.5, 0.6) is 11.5 Å². The lowest BCUT2D eigenvalue weighted by atomic mass is 9.84. The van der Waals surface area contributed by atoms with Gasteiger partial charge in [0, 0.05) is 24.6 Å². The lowest BCUT2D eigenvalue weighted by molar-refractivity contribution is -0.0159. The first-order chi connectivity index (χ1) is 20.0. The molecule has 4 aromatic rings. The van der Waals surface area contributed by atoms with Gasteiger partial charge in [0.2, 0.25) is 0 Å². The van der Waals surface area contributed by atoms with E-state index in [1.54, 1.807) is 26.0 Å². The Labute approximate surface area is 242 Å². The monoisotopic (exact) mass is 574 g/mol. The molecular formula is C32H34N2O6S. The summed E-state index contributed by atoms with van der Waals surface area (Å²) in [7, 11) is 3.31. The number of H-pyrrole nitrogens is 1. The molecule has 1 aliphatic heterocycles. The summed E-state index contributed by atoms with van der Waals surface area (Å²) >= 11 is 1.80. The Morgan fingerprint density at radius 2 is 1.49 bits per heavy atom. The minimum absolute atomic E-state index is 0.0279. The van der Waals surface area contributed by atoms with Crippen molar-refractivity contribution in [2.24, 2.45) is 5.92 Å². The van der Waals surface area contributed by atoms with E-state index >= 15 is 0 Å². The summed E-state index contributed by atoms with van der Waals surface area (Å²) in [5, 5.41) is 9.83. The molecular weight excluding hydrogens is 540 g/mol. The average molecular weight is 575 g/mol. The molecule has 3 atom stereocenters. The van der Waals surface area contributed by atoms with E-state index in [9.17, 15) is 14.7 Å². The molecule has 8 nitrogen and oxygen atoms in total. The highest BCUT2D eigenvalue weighted by atomic mass is 32.2. The van der Waals surface area contributed by atoms with Crippen LogP contribution in [0.3, 0.4) is 0 Å². The second kappa shape index (κ2) is 12.8. The van der Waals surface area contributed by atoms with Gasteiger partial charge in [0.05, 0.1) is 25.1 Å². The van der Waals surface area contributed by atoms with Gasteiger partial charge in [-0.3, -0.25) is 14.3 Å². The van der Waals surface area contributed by atoms with Gasteiger partial charge in [0.25, 0.3) is 5.56 Å². The summed E-state index contributed by atoms with van der Waals surface area (Å²) < 4.78 is 18.1. The molecule has 3 aromatic carbocycles. The fraction of sp³-hybridized carbons (Fsp3) is 0.312. The average Bonchev–Trinajstić information content (AvgIpc) is 3.41. The Bertz CT molecular complexity index is 1490. The molecule has 1 saturated heterocycles. The van der Waals surface area contributed by atoms with E-state index in [0.717, 1.165) is 28.2 Å². The number of aromatic amines is 1. The van der Waals surface area contributed by atoms with Crippen LogP contribution in [-0.2, 0) is 9.48 Å². The van der Waals surface area contributed by atoms with Crippen molar-refractivity contribution in [3.05, 3.63) is 129 Å². The van der Waals surface area contributed by atoms with E-state index in [4.69, 9.17) is 14.2 Å². The zero-order chi connectivity index (χ0) is 28.8. The molecule has 0 unspecified atom stereocenters. The van der Waals surface area contributed by atoms with Crippen LogP contribution in [0.4, 0.5) is 0 Å². The number of benzene rings is 3. The Kier molecular flexibility index (Phi) is 8.97. The van der Waals surface area contributed by atoms with Crippen LogP contribution in [0.1, 0.15) is 35.8 Å². The Morgan fingerprint density at radius 1 is 0.902 bits per heavy atom. The largest absolute Gasteiger partial charge is 0.497 e. The lowest BCUT2D eigenvalue weighted by Crippen LogP contribution is -2.31. The van der Waals surface area contributed by atoms with Gasteiger partial charge in [-0.2, -0.15) is 0 Å². The number of rotatable bonds is 11. The van der Waals surface area contributed by atoms with Gasteiger partial charge in [-0.1, -0.05) is 54.6 Å². The van der Waals surface area contributed by atoms with E-state index in [2.05, 4.69) is 41.4 Å². The molecule has 2 heterocycles. The van der Waals surface area contributed by atoms with Crippen molar-refractivity contribution < 1.29 is 19.3 Å². The molecule has 5 rings (SSSR count). The fourth-order valence-corrected chi connectivity index (χ4v) is 7.25. The third-order valence-corrected chi connectivity index (χ3v) is 9.36. The third kappa shape index (κ3) is 5.98. The smallest absolute Gasteiger partial charge is 0.330 e. The highest BCUT2D eigenvalue weighted by molar-refractivity contribution is 8.00. The first kappa shape index (κ1) is 28.7. The van der Waals surface area contributed by atoms with Crippen molar-refractivity contribution in [2.75, 3.05) is 26.6 Å². The van der Waals surface area contributed by atoms with Gasteiger partial charge in [0.1, 0.15) is 17.7 Å². The van der Waals surface area contributed by atoms with E-state index < -0.39 is 22.2 Å². The van der Waals surface area contributed by atoms with Crippen molar-refractivity contribution >= 4 is 11.8 Å². The number of nitrogens with one attached hydrogen (secondary N) is 1. The second-order valence-electron chi connectivity index (χ2n) is 9.97. The molecule has 1 fully saturated rings. The normalized spacial score (nSPS) is 18.8. The Hall–Kier alpha value is -3.79. The van der Waals surface area contributed by atoms with Crippen molar-refractivity contribution in [2.45, 2.75) is 29.9 Å². The van der Waals surface area contributed by atoms with E-state index in [0.29, 0.717) is 18.6 Å². The van der Waals surface area contributed by atoms with Crippen LogP contribution in [-0.4, -0.2) is 47.3 Å². The molecule has 0 amide bonds. The van der Waals surface area contributed by atoms with Crippen molar-refractivity contribution in [3.63, 3.8) is 0 Å². The first-order valence-electron chi connectivity index (χ1n) is 13.5. The number of aromatic nitrogens is 2. The number of hydrogen-bond donors (Lipinski definition) is 2. The SMILES string of the molecule is COc1ccc(C(SC[C@H]2C[C@H](n3ccc(=O)[nH]c3=O)O[C@@H]2CCO)(c2ccccc2)c2ccc(OC)cc2)cc1. The molecule has 0 spiro atoms. The molecule has 1 aromatic heterocycles. The van der Waals surface area contributed by atoms with Gasteiger partial charge >= 0.3 is 5.69 Å². The number of ether oxygens (including phenoxy) is 3. The van der Waals surface area contributed by atoms with Gasteiger partial charge < -0.3 is 19.3 Å². The quantitative estimate of drug-likeness (QED) is 0.253. The molecule has 0 saturated carbocycles. The van der Waals surface area contributed by atoms with Crippen LogP contribution in [0.15, 0.2) is 101 Å². The number of aliphatic hydroxyl groups is 1. The molecule has 0 bridgehead atoms. The van der Waals surface area contributed by atoms with E-state index in [1.165, 1.54) is 16.8 Å². The maximum absolute atomic E-state index is 12.5. The zero-order valence-electron chi connectivity index (χ0n) is 23.1. The van der Waals surface area contributed by atoms with Gasteiger partial charge in [-0.25, -0.2) is 4.79 Å². The zero-order valence-corrected chi connectivity index (χ0v) is 23.9. The summed E-state index contributed by atoms with van der Waals surface area (Å²) in [6.45, 7) is -0.0279. The van der Waals surface area contributed by atoms with Crippen LogP contribution in [0.2, 0.25) is 0 Å². The molecule has 2 N–H and O–H groups in total. The minimum Gasteiger partial charge on any atom is -0.497 e. The summed E-state index contributed by atoms with van der Waals surface area (Å²) in [6, 6.07) is 28.0. The van der Waals surface area contributed by atoms with Crippen LogP contribution >= 0.6 is 11.8 Å². The predicted molar refractivity (Wildman–Crippen MR) is 160 cm³/mol. The number of thioether (sulfide) groups is 1. The topological polar surface area (TPSA) is 103 Å². The van der Waals surface area contributed by atoms with Crippen molar-refractivity contribution in [3.8, 4) is 11.5 Å². The molecule has 1 aliphatic rings. The van der Waals surface area contributed by atoms with E-state index in [1.807, 2.05) is 42.5 Å². The fourth-order valence-electron chi connectivity index (χ4n) is 5.53. The number of nitrogens with zero attached hydrogens (tertiary/aromatic N) is 1. The summed E-state index contributed by atoms with van der Waals surface area (Å²) in [6.07, 6.45) is 1.70. The molecule has 214 valence electrons. The summed E-state index contributed by atoms with van der Waals surface area (Å²) in [5.41, 5.74) is 2.34. The highest BCUT2D eigenvalue weighted by Crippen LogP contribution is 2.51. The number of aliphatic hydroxyl groups excluding tert-OH is 1. The van der Waals surface area contributed by atoms with Crippen LogP contribution in [0.25, 0.3) is 0 Å². The van der Waals surface area contributed by atoms with Crippen LogP contribution < -0.4 is 20.7 Å². The van der Waals surface area contributed by atoms with Gasteiger partial charge in [-0.05, 0) is 59.7 Å². The minimum atomic E-state index is -0.587. The number of methoxy groups -OCH3 is 2. The molecule has 0 aliphatic carbocycles. The summed E-state index contributed by atoms with van der Waals surface area (Å²) in [4.78, 5) is 26.5. The molecule has 41 heavy (non-hydrogen) atoms. The van der Waals surface area contributed by atoms with Crippen LogP contribution in [0, 0.1) is 5.92 Å². The first-order valence-corrected chi connectivity index (χ1v) is 14.5. The standard InChI is InChI=1S/C32H34N2O6S/c1-38-26-12-8-24(9-13-26)32(23-6-4-3-5-7-23,25-10-14-27(39-2)15-11-25)41-21-22-20-30(40-28(22)17-19-35)34-18-16-29(36)33-31(34)37/h3-16,18,22,28,30,35H,17,19-21H2,1-2H3,(H,33,36,37)/t22-,28-,30-/m1/s1. The lowest BCUT2D eigenvalue weighted by Gasteiger charge is -2.37. The highest BCUT2D eigenvalue weighted by Gasteiger charge is 2.42. The molecule has 9 heteroatoms. The predicted octanol–water partition coefficient (Wildman–Crippen LogP) is 4.57. The van der Waals surface area contributed by atoms with Gasteiger partial charge in [-0.15, -0.1) is 11.8 Å². The maximum atomic E-state index is 12.5. The maximum Gasteiger partial charge on any atom is 0.330 e. The van der Waals surface area contributed by atoms with Crippen molar-refractivity contribution in [1.82, 2.24) is 9.55 Å². The summed E-state index contributed by atoms with van der Waals surface area (Å²) in [5.74, 6) is 2.27. The number of hydrogen-bond acceptors (Lipinski definition) is 7. The van der Waals surface area contributed by atoms with Gasteiger partial charge in [0.15, 0.2) is 0 Å². The van der Waals surface area contributed by atoms with Crippen molar-refractivity contribution in [1.29, 1.82) is 0 Å².